The zero-order valence-corrected chi connectivity index (χ0v) is 12.4. The summed E-state index contributed by atoms with van der Waals surface area (Å²) in [6.07, 6.45) is -3.04. The number of nitrogens with one attached hydrogen (secondary N) is 1. The smallest absolute Gasteiger partial charge is 0.383 e. The standard InChI is InChI=1S/C13H26F3N3O/c1-3-4-17-12(10-20-2)9-18-5-7-19(8-6-18)11-13(14,15)16/h12,17H,3-11H2,1-2H3. The van der Waals surface area contributed by atoms with Crippen LogP contribution in [0.3, 0.4) is 0 Å². The van der Waals surface area contributed by atoms with Gasteiger partial charge in [-0.15, -0.1) is 0 Å². The number of hydrogen-bond acceptors (Lipinski definition) is 4. The SMILES string of the molecule is CCCNC(COC)CN1CCN(CC(F)(F)F)CC1. The number of ether oxygens (including phenoxy) is 1. The number of methoxy groups -OCH3 is 1. The third kappa shape index (κ3) is 7.42. The van der Waals surface area contributed by atoms with Gasteiger partial charge in [-0.05, 0) is 13.0 Å². The first-order valence-corrected chi connectivity index (χ1v) is 7.18. The topological polar surface area (TPSA) is 27.7 Å². The second kappa shape index (κ2) is 8.81. The van der Waals surface area contributed by atoms with Crippen LogP contribution in [0.4, 0.5) is 13.2 Å². The predicted octanol–water partition coefficient (Wildman–Crippen LogP) is 1.18. The van der Waals surface area contributed by atoms with Gasteiger partial charge in [-0.2, -0.15) is 13.2 Å². The molecular weight excluding hydrogens is 271 g/mol. The zero-order valence-electron chi connectivity index (χ0n) is 12.4. The molecule has 0 radical (unpaired) electrons. The van der Waals surface area contributed by atoms with E-state index in [1.807, 2.05) is 0 Å². The lowest BCUT2D eigenvalue weighted by atomic mass is 10.2. The molecule has 0 aromatic carbocycles. The average molecular weight is 297 g/mol. The Balaban J connectivity index is 2.29. The van der Waals surface area contributed by atoms with E-state index in [9.17, 15) is 13.2 Å². The monoisotopic (exact) mass is 297 g/mol. The van der Waals surface area contributed by atoms with Gasteiger partial charge in [0, 0.05) is 45.9 Å². The molecule has 1 saturated heterocycles. The molecule has 1 aliphatic rings. The normalized spacial score (nSPS) is 20.2. The lowest BCUT2D eigenvalue weighted by Gasteiger charge is -2.36. The summed E-state index contributed by atoms with van der Waals surface area (Å²) in [6, 6.07) is 0.245. The Labute approximate surface area is 119 Å². The Morgan fingerprint density at radius 2 is 1.75 bits per heavy atom. The first-order valence-electron chi connectivity index (χ1n) is 7.18. The van der Waals surface area contributed by atoms with E-state index in [0.717, 1.165) is 19.5 Å². The largest absolute Gasteiger partial charge is 0.401 e. The molecule has 120 valence electrons. The minimum absolute atomic E-state index is 0.245. The van der Waals surface area contributed by atoms with Gasteiger partial charge in [0.15, 0.2) is 0 Å². The van der Waals surface area contributed by atoms with Gasteiger partial charge in [-0.25, -0.2) is 0 Å². The van der Waals surface area contributed by atoms with Crippen LogP contribution < -0.4 is 5.32 Å². The highest BCUT2D eigenvalue weighted by atomic mass is 19.4. The van der Waals surface area contributed by atoms with Gasteiger partial charge in [0.05, 0.1) is 13.2 Å². The number of halogens is 3. The molecule has 0 aromatic heterocycles. The van der Waals surface area contributed by atoms with Crippen molar-refractivity contribution in [2.24, 2.45) is 0 Å². The van der Waals surface area contributed by atoms with E-state index in [1.165, 1.54) is 4.90 Å². The minimum Gasteiger partial charge on any atom is -0.383 e. The summed E-state index contributed by atoms with van der Waals surface area (Å²) in [5.74, 6) is 0. The van der Waals surface area contributed by atoms with Gasteiger partial charge in [0.2, 0.25) is 0 Å². The van der Waals surface area contributed by atoms with Crippen molar-refractivity contribution in [2.75, 3.05) is 59.5 Å². The first-order chi connectivity index (χ1) is 9.44. The number of piperazine rings is 1. The van der Waals surface area contributed by atoms with E-state index in [0.29, 0.717) is 32.8 Å². The molecule has 1 unspecified atom stereocenters. The highest BCUT2D eigenvalue weighted by molar-refractivity contribution is 4.78. The van der Waals surface area contributed by atoms with Gasteiger partial charge in [0.25, 0.3) is 0 Å². The van der Waals surface area contributed by atoms with Crippen molar-refractivity contribution in [1.82, 2.24) is 15.1 Å². The maximum absolute atomic E-state index is 12.3. The Morgan fingerprint density at radius 1 is 1.15 bits per heavy atom. The fourth-order valence-corrected chi connectivity index (χ4v) is 2.42. The molecule has 0 aliphatic carbocycles. The second-order valence-corrected chi connectivity index (χ2v) is 5.30. The summed E-state index contributed by atoms with van der Waals surface area (Å²) in [5, 5.41) is 3.41. The maximum atomic E-state index is 12.3. The van der Waals surface area contributed by atoms with E-state index < -0.39 is 12.7 Å². The minimum atomic E-state index is -4.09. The summed E-state index contributed by atoms with van der Waals surface area (Å²) >= 11 is 0. The van der Waals surface area contributed by atoms with Gasteiger partial charge in [-0.1, -0.05) is 6.92 Å². The molecule has 0 amide bonds. The molecule has 7 heteroatoms. The highest BCUT2D eigenvalue weighted by Crippen LogP contribution is 2.17. The first kappa shape index (κ1) is 17.7. The quantitative estimate of drug-likeness (QED) is 0.728. The van der Waals surface area contributed by atoms with Crippen molar-refractivity contribution < 1.29 is 17.9 Å². The maximum Gasteiger partial charge on any atom is 0.401 e. The third-order valence-electron chi connectivity index (χ3n) is 3.40. The number of rotatable bonds is 8. The lowest BCUT2D eigenvalue weighted by molar-refractivity contribution is -0.149. The Hall–Kier alpha value is -0.370. The summed E-state index contributed by atoms with van der Waals surface area (Å²) in [5.41, 5.74) is 0. The molecule has 0 bridgehead atoms. The van der Waals surface area contributed by atoms with Crippen molar-refractivity contribution in [3.63, 3.8) is 0 Å². The van der Waals surface area contributed by atoms with Gasteiger partial charge in [-0.3, -0.25) is 9.80 Å². The van der Waals surface area contributed by atoms with Crippen LogP contribution in [0.15, 0.2) is 0 Å². The molecule has 1 N–H and O–H groups in total. The van der Waals surface area contributed by atoms with Crippen molar-refractivity contribution in [2.45, 2.75) is 25.6 Å². The van der Waals surface area contributed by atoms with E-state index >= 15 is 0 Å². The molecule has 1 rings (SSSR count). The van der Waals surface area contributed by atoms with E-state index in [2.05, 4.69) is 17.1 Å². The Morgan fingerprint density at radius 3 is 2.25 bits per heavy atom. The number of alkyl halides is 3. The van der Waals surface area contributed by atoms with Crippen LogP contribution in [-0.2, 0) is 4.74 Å². The second-order valence-electron chi connectivity index (χ2n) is 5.30. The number of hydrogen-bond donors (Lipinski definition) is 1. The van der Waals surface area contributed by atoms with E-state index in [4.69, 9.17) is 4.74 Å². The lowest BCUT2D eigenvalue weighted by Crippen LogP contribution is -2.53. The molecule has 1 atom stereocenters. The summed E-state index contributed by atoms with van der Waals surface area (Å²) in [4.78, 5) is 3.68. The van der Waals surface area contributed by atoms with Crippen LogP contribution in [-0.4, -0.2) is 81.5 Å². The Kier molecular flexibility index (Phi) is 7.79. The summed E-state index contributed by atoms with van der Waals surface area (Å²) in [6.45, 7) is 6.02. The predicted molar refractivity (Wildman–Crippen MR) is 72.9 cm³/mol. The van der Waals surface area contributed by atoms with Gasteiger partial charge >= 0.3 is 6.18 Å². The number of nitrogens with zero attached hydrogens (tertiary/aromatic N) is 2. The van der Waals surface area contributed by atoms with Crippen molar-refractivity contribution in [1.29, 1.82) is 0 Å². The average Bonchev–Trinajstić information content (AvgIpc) is 2.37. The molecular formula is C13H26F3N3O. The van der Waals surface area contributed by atoms with Crippen LogP contribution in [0.2, 0.25) is 0 Å². The van der Waals surface area contributed by atoms with Crippen LogP contribution in [0, 0.1) is 0 Å². The third-order valence-corrected chi connectivity index (χ3v) is 3.40. The summed E-state index contributed by atoms with van der Waals surface area (Å²) < 4.78 is 42.1. The van der Waals surface area contributed by atoms with Crippen molar-refractivity contribution >= 4 is 0 Å². The molecule has 1 aliphatic heterocycles. The summed E-state index contributed by atoms with van der Waals surface area (Å²) in [7, 11) is 1.67. The fourth-order valence-electron chi connectivity index (χ4n) is 2.42. The van der Waals surface area contributed by atoms with Gasteiger partial charge < -0.3 is 10.1 Å². The molecule has 4 nitrogen and oxygen atoms in total. The van der Waals surface area contributed by atoms with E-state index in [-0.39, 0.29) is 6.04 Å². The zero-order chi connectivity index (χ0) is 15.0. The fraction of sp³-hybridized carbons (Fsp3) is 1.00. The van der Waals surface area contributed by atoms with Crippen LogP contribution >= 0.6 is 0 Å². The molecule has 20 heavy (non-hydrogen) atoms. The Bertz CT molecular complexity index is 256. The van der Waals surface area contributed by atoms with Gasteiger partial charge in [0.1, 0.15) is 0 Å². The molecule has 1 fully saturated rings. The molecule has 0 spiro atoms. The van der Waals surface area contributed by atoms with Crippen molar-refractivity contribution in [3.05, 3.63) is 0 Å². The molecule has 0 aromatic rings. The van der Waals surface area contributed by atoms with Crippen LogP contribution in [0.25, 0.3) is 0 Å². The highest BCUT2D eigenvalue weighted by Gasteiger charge is 2.32. The van der Waals surface area contributed by atoms with Crippen LogP contribution in [0.5, 0.6) is 0 Å². The molecule has 1 heterocycles. The molecule has 0 saturated carbocycles. The van der Waals surface area contributed by atoms with E-state index in [1.54, 1.807) is 7.11 Å². The van der Waals surface area contributed by atoms with Crippen LogP contribution in [0.1, 0.15) is 13.3 Å². The van der Waals surface area contributed by atoms with Crippen molar-refractivity contribution in [3.8, 4) is 0 Å².